The maximum Gasteiger partial charge on any atom is 0.230 e. The van der Waals surface area contributed by atoms with Crippen LogP contribution in [0, 0.1) is 0 Å². The first-order valence-corrected chi connectivity index (χ1v) is 13.7. The standard InChI is InChI=1S/C37H22O4/c1-4-11-34-26(6-1)29-9-5-8-25(37(29)41-34)24-12-15-28-30-18-22(13-16-32(30)38-21-39-36(28)20-24)23-14-17-35-31(19-23)27-7-2-3-10-33(27)40-35/h1-20H,21H2. The Kier molecular flexibility index (Phi) is 4.64. The molecule has 4 heteroatoms. The van der Waals surface area contributed by atoms with E-state index in [-0.39, 0.29) is 6.79 Å². The van der Waals surface area contributed by atoms with Crippen molar-refractivity contribution >= 4 is 43.9 Å². The van der Waals surface area contributed by atoms with Gasteiger partial charge in [0.2, 0.25) is 6.79 Å². The molecule has 4 nitrogen and oxygen atoms in total. The summed E-state index contributed by atoms with van der Waals surface area (Å²) in [5, 5.41) is 4.45. The third-order valence-corrected chi connectivity index (χ3v) is 8.11. The van der Waals surface area contributed by atoms with E-state index in [2.05, 4.69) is 78.9 Å². The van der Waals surface area contributed by atoms with Crippen LogP contribution >= 0.6 is 0 Å². The molecule has 194 valence electrons. The molecule has 2 aromatic heterocycles. The predicted octanol–water partition coefficient (Wildman–Crippen LogP) is 10.2. The molecule has 1 aliphatic rings. The minimum absolute atomic E-state index is 0.143. The summed E-state index contributed by atoms with van der Waals surface area (Å²) in [5.74, 6) is 1.58. The molecule has 3 heterocycles. The molecule has 9 rings (SSSR count). The average Bonchev–Trinajstić information content (AvgIpc) is 3.53. The van der Waals surface area contributed by atoms with Crippen LogP contribution in [0.25, 0.3) is 77.3 Å². The first-order valence-electron chi connectivity index (χ1n) is 13.7. The van der Waals surface area contributed by atoms with Crippen LogP contribution in [-0.2, 0) is 0 Å². The summed E-state index contributed by atoms with van der Waals surface area (Å²) in [6.07, 6.45) is 0. The van der Waals surface area contributed by atoms with Crippen molar-refractivity contribution in [3.05, 3.63) is 121 Å². The number of fused-ring (bicyclic) bond motifs is 9. The van der Waals surface area contributed by atoms with E-state index in [4.69, 9.17) is 18.3 Å². The normalized spacial score (nSPS) is 12.7. The molecule has 0 saturated heterocycles. The zero-order valence-electron chi connectivity index (χ0n) is 21.9. The highest BCUT2D eigenvalue weighted by Gasteiger charge is 2.20. The van der Waals surface area contributed by atoms with Gasteiger partial charge in [-0.25, -0.2) is 0 Å². The van der Waals surface area contributed by atoms with Gasteiger partial charge in [0.25, 0.3) is 0 Å². The molecule has 0 saturated carbocycles. The van der Waals surface area contributed by atoms with Gasteiger partial charge < -0.3 is 18.3 Å². The van der Waals surface area contributed by atoms with Crippen LogP contribution in [0.1, 0.15) is 0 Å². The first kappa shape index (κ1) is 22.3. The lowest BCUT2D eigenvalue weighted by Crippen LogP contribution is -2.03. The Bertz CT molecular complexity index is 2300. The van der Waals surface area contributed by atoms with Gasteiger partial charge in [-0.15, -0.1) is 0 Å². The van der Waals surface area contributed by atoms with Gasteiger partial charge in [0.15, 0.2) is 0 Å². The van der Waals surface area contributed by atoms with Crippen molar-refractivity contribution in [3.63, 3.8) is 0 Å². The number of hydrogen-bond donors (Lipinski definition) is 0. The van der Waals surface area contributed by atoms with Crippen LogP contribution in [0.5, 0.6) is 11.5 Å². The zero-order valence-corrected chi connectivity index (χ0v) is 21.9. The lowest BCUT2D eigenvalue weighted by atomic mass is 9.94. The molecule has 0 unspecified atom stereocenters. The Morgan fingerprint density at radius 1 is 0.390 bits per heavy atom. The van der Waals surface area contributed by atoms with Crippen molar-refractivity contribution in [1.29, 1.82) is 0 Å². The Morgan fingerprint density at radius 2 is 1.07 bits per heavy atom. The fourth-order valence-corrected chi connectivity index (χ4v) is 6.11. The van der Waals surface area contributed by atoms with Crippen molar-refractivity contribution < 1.29 is 18.3 Å². The van der Waals surface area contributed by atoms with Crippen LogP contribution in [0.4, 0.5) is 0 Å². The Morgan fingerprint density at radius 3 is 1.98 bits per heavy atom. The second-order valence-corrected chi connectivity index (χ2v) is 10.4. The van der Waals surface area contributed by atoms with Gasteiger partial charge in [-0.1, -0.05) is 72.8 Å². The van der Waals surface area contributed by atoms with Crippen LogP contribution < -0.4 is 9.47 Å². The minimum Gasteiger partial charge on any atom is -0.457 e. The van der Waals surface area contributed by atoms with Crippen molar-refractivity contribution in [2.24, 2.45) is 0 Å². The maximum atomic E-state index is 6.31. The molecule has 8 aromatic rings. The highest BCUT2D eigenvalue weighted by Crippen LogP contribution is 2.44. The van der Waals surface area contributed by atoms with E-state index in [9.17, 15) is 0 Å². The third kappa shape index (κ3) is 3.41. The molecule has 1 aliphatic heterocycles. The summed E-state index contributed by atoms with van der Waals surface area (Å²) < 4.78 is 24.5. The zero-order chi connectivity index (χ0) is 26.9. The van der Waals surface area contributed by atoms with E-state index in [0.717, 1.165) is 88.8 Å². The molecule has 0 bridgehead atoms. The molecular weight excluding hydrogens is 508 g/mol. The first-order chi connectivity index (χ1) is 20.3. The minimum atomic E-state index is 0.143. The molecule has 0 fully saturated rings. The van der Waals surface area contributed by atoms with Crippen LogP contribution in [0.15, 0.2) is 130 Å². The predicted molar refractivity (Wildman–Crippen MR) is 163 cm³/mol. The lowest BCUT2D eigenvalue weighted by molar-refractivity contribution is 0.125. The molecule has 0 aliphatic carbocycles. The molecule has 0 radical (unpaired) electrons. The van der Waals surface area contributed by atoms with Gasteiger partial charge in [-0.3, -0.25) is 0 Å². The van der Waals surface area contributed by atoms with Gasteiger partial charge in [-0.2, -0.15) is 0 Å². The summed E-state index contributed by atoms with van der Waals surface area (Å²) in [4.78, 5) is 0. The van der Waals surface area contributed by atoms with Crippen LogP contribution in [0.3, 0.4) is 0 Å². The molecule has 0 N–H and O–H groups in total. The Labute approximate surface area is 235 Å². The van der Waals surface area contributed by atoms with E-state index in [0.29, 0.717) is 0 Å². The van der Waals surface area contributed by atoms with Gasteiger partial charge in [0, 0.05) is 38.2 Å². The highest BCUT2D eigenvalue weighted by molar-refractivity contribution is 6.10. The van der Waals surface area contributed by atoms with Crippen LogP contribution in [0.2, 0.25) is 0 Å². The summed E-state index contributed by atoms with van der Waals surface area (Å²) in [6, 6.07) is 41.6. The van der Waals surface area contributed by atoms with Crippen molar-refractivity contribution in [1.82, 2.24) is 0 Å². The number of benzene rings is 6. The van der Waals surface area contributed by atoms with E-state index in [1.165, 1.54) is 0 Å². The number of ether oxygens (including phenoxy) is 2. The molecule has 0 amide bonds. The molecule has 0 spiro atoms. The SMILES string of the molecule is c1ccc2c(c1)oc1ccc(-c3ccc4c(c3)-c3ccc(-c5cccc6c5oc5ccccc56)cc3OCO4)cc12. The van der Waals surface area contributed by atoms with Crippen molar-refractivity contribution in [2.75, 3.05) is 6.79 Å². The highest BCUT2D eigenvalue weighted by atomic mass is 16.7. The van der Waals surface area contributed by atoms with E-state index in [1.807, 2.05) is 42.5 Å². The summed E-state index contributed by atoms with van der Waals surface area (Å²) >= 11 is 0. The monoisotopic (exact) mass is 530 g/mol. The van der Waals surface area contributed by atoms with Gasteiger partial charge in [0.05, 0.1) is 0 Å². The van der Waals surface area contributed by atoms with Gasteiger partial charge in [-0.05, 0) is 65.2 Å². The second-order valence-electron chi connectivity index (χ2n) is 10.4. The van der Waals surface area contributed by atoms with Crippen molar-refractivity contribution in [3.8, 4) is 44.9 Å². The van der Waals surface area contributed by atoms with E-state index < -0.39 is 0 Å². The Balaban J connectivity index is 1.17. The molecular formula is C37H22O4. The Hall–Kier alpha value is -5.48. The summed E-state index contributed by atoms with van der Waals surface area (Å²) in [7, 11) is 0. The number of para-hydroxylation sites is 3. The fourth-order valence-electron chi connectivity index (χ4n) is 6.11. The maximum absolute atomic E-state index is 6.31. The van der Waals surface area contributed by atoms with Crippen LogP contribution in [-0.4, -0.2) is 6.79 Å². The van der Waals surface area contributed by atoms with Crippen molar-refractivity contribution in [2.45, 2.75) is 0 Å². The number of rotatable bonds is 2. The van der Waals surface area contributed by atoms with Gasteiger partial charge in [0.1, 0.15) is 33.8 Å². The summed E-state index contributed by atoms with van der Waals surface area (Å²) in [6.45, 7) is 0.143. The fraction of sp³-hybridized carbons (Fsp3) is 0.0270. The van der Waals surface area contributed by atoms with E-state index >= 15 is 0 Å². The molecule has 0 atom stereocenters. The quantitative estimate of drug-likeness (QED) is 0.223. The molecule has 6 aromatic carbocycles. The van der Waals surface area contributed by atoms with Gasteiger partial charge >= 0.3 is 0 Å². The topological polar surface area (TPSA) is 44.7 Å². The third-order valence-electron chi connectivity index (χ3n) is 8.11. The molecule has 41 heavy (non-hydrogen) atoms. The summed E-state index contributed by atoms with van der Waals surface area (Å²) in [5.41, 5.74) is 9.83. The smallest absolute Gasteiger partial charge is 0.230 e. The lowest BCUT2D eigenvalue weighted by Gasteiger charge is -2.11. The number of hydrogen-bond acceptors (Lipinski definition) is 4. The van der Waals surface area contributed by atoms with E-state index in [1.54, 1.807) is 0 Å². The largest absolute Gasteiger partial charge is 0.457 e. The second kappa shape index (κ2) is 8.51. The average molecular weight is 531 g/mol. The number of furan rings is 2.